The Morgan fingerprint density at radius 2 is 1.64 bits per heavy atom. The topological polar surface area (TPSA) is 99.2 Å². The average Bonchev–Trinajstić information content (AvgIpc) is 3.23. The van der Waals surface area contributed by atoms with Crippen LogP contribution in [-0.4, -0.2) is 50.1 Å². The fourth-order valence-electron chi connectivity index (χ4n) is 3.52. The number of carbonyl (C=O) groups excluding carboxylic acids is 4. The van der Waals surface area contributed by atoms with Crippen molar-refractivity contribution in [2.75, 3.05) is 25.7 Å². The summed E-state index contributed by atoms with van der Waals surface area (Å²) >= 11 is 0. The summed E-state index contributed by atoms with van der Waals surface area (Å²) in [4.78, 5) is 51.4. The van der Waals surface area contributed by atoms with E-state index in [9.17, 15) is 19.2 Å². The smallest absolute Gasteiger partial charge is 0.380 e. The number of ether oxygens (including phenoxy) is 3. The summed E-state index contributed by atoms with van der Waals surface area (Å²) in [5.41, 5.74) is 1.19. The van der Waals surface area contributed by atoms with Crippen LogP contribution < -0.4 is 4.90 Å². The summed E-state index contributed by atoms with van der Waals surface area (Å²) in [5, 5.41) is 0. The maximum absolute atomic E-state index is 13.1. The van der Waals surface area contributed by atoms with Crippen molar-refractivity contribution in [3.63, 3.8) is 0 Å². The van der Waals surface area contributed by atoms with Gasteiger partial charge in [-0.25, -0.2) is 14.4 Å². The van der Waals surface area contributed by atoms with Crippen LogP contribution in [-0.2, 0) is 35.0 Å². The zero-order valence-electron chi connectivity index (χ0n) is 18.9. The number of esters is 3. The predicted octanol–water partition coefficient (Wildman–Crippen LogP) is 2.94. The molecule has 0 aliphatic carbocycles. The minimum atomic E-state index is -1.62. The highest BCUT2D eigenvalue weighted by atomic mass is 16.6. The Morgan fingerprint density at radius 1 is 0.939 bits per heavy atom. The molecule has 0 saturated heterocycles. The van der Waals surface area contributed by atoms with Gasteiger partial charge in [0.15, 0.2) is 0 Å². The number of carbonyl (C=O) groups is 4. The lowest BCUT2D eigenvalue weighted by Crippen LogP contribution is -2.40. The Balaban J connectivity index is 1.95. The Kier molecular flexibility index (Phi) is 6.96. The van der Waals surface area contributed by atoms with Gasteiger partial charge in [0, 0.05) is 18.4 Å². The molecule has 0 spiro atoms. The Labute approximate surface area is 191 Å². The van der Waals surface area contributed by atoms with Crippen LogP contribution in [0.4, 0.5) is 5.69 Å². The molecule has 0 atom stereocenters. The molecule has 0 N–H and O–H groups in total. The molecule has 8 heteroatoms. The van der Waals surface area contributed by atoms with Gasteiger partial charge in [-0.1, -0.05) is 30.3 Å². The molecular weight excluding hydrogens is 426 g/mol. The van der Waals surface area contributed by atoms with E-state index in [-0.39, 0.29) is 5.57 Å². The summed E-state index contributed by atoms with van der Waals surface area (Å²) in [5.74, 6) is -3.26. The van der Waals surface area contributed by atoms with Gasteiger partial charge in [0.05, 0.1) is 25.4 Å². The lowest BCUT2D eigenvalue weighted by Gasteiger charge is -2.22. The molecule has 33 heavy (non-hydrogen) atoms. The van der Waals surface area contributed by atoms with Gasteiger partial charge in [0.25, 0.3) is 5.78 Å². The van der Waals surface area contributed by atoms with E-state index in [0.29, 0.717) is 24.1 Å². The van der Waals surface area contributed by atoms with E-state index in [1.54, 1.807) is 54.7 Å². The minimum absolute atomic E-state index is 0.117. The second-order valence-electron chi connectivity index (χ2n) is 7.91. The van der Waals surface area contributed by atoms with Crippen LogP contribution in [0.25, 0.3) is 5.57 Å². The zero-order chi connectivity index (χ0) is 24.2. The molecule has 1 heterocycles. The SMILES string of the molecule is COC(=O)c1ccc2c(c1)CCN2/C=C(/C(=O)C(=O)OC(C)(C)C(=O)OC)c1ccccc1. The first kappa shape index (κ1) is 23.7. The molecule has 0 unspecified atom stereocenters. The summed E-state index contributed by atoms with van der Waals surface area (Å²) in [6, 6.07) is 13.9. The summed E-state index contributed by atoms with van der Waals surface area (Å²) in [7, 11) is 2.49. The van der Waals surface area contributed by atoms with Gasteiger partial charge in [-0.2, -0.15) is 0 Å². The van der Waals surface area contributed by atoms with Crippen LogP contribution in [0.15, 0.2) is 54.7 Å². The summed E-state index contributed by atoms with van der Waals surface area (Å²) < 4.78 is 14.6. The zero-order valence-corrected chi connectivity index (χ0v) is 18.9. The maximum Gasteiger partial charge on any atom is 0.380 e. The van der Waals surface area contributed by atoms with Crippen LogP contribution >= 0.6 is 0 Å². The Morgan fingerprint density at radius 3 is 2.27 bits per heavy atom. The largest absolute Gasteiger partial charge is 0.466 e. The fraction of sp³-hybridized carbons (Fsp3) is 0.280. The molecule has 0 fully saturated rings. The molecule has 8 nitrogen and oxygen atoms in total. The molecule has 0 saturated carbocycles. The minimum Gasteiger partial charge on any atom is -0.466 e. The third-order valence-corrected chi connectivity index (χ3v) is 5.26. The third kappa shape index (κ3) is 5.11. The molecule has 2 aromatic rings. The van der Waals surface area contributed by atoms with Crippen molar-refractivity contribution >= 4 is 35.0 Å². The van der Waals surface area contributed by atoms with Gasteiger partial charge in [0.1, 0.15) is 0 Å². The van der Waals surface area contributed by atoms with E-state index in [1.165, 1.54) is 28.1 Å². The summed E-state index contributed by atoms with van der Waals surface area (Å²) in [6.07, 6.45) is 2.24. The first-order valence-corrected chi connectivity index (χ1v) is 10.3. The Hall–Kier alpha value is -3.94. The van der Waals surface area contributed by atoms with Crippen molar-refractivity contribution in [3.05, 3.63) is 71.4 Å². The number of nitrogens with zero attached hydrogens (tertiary/aromatic N) is 1. The number of fused-ring (bicyclic) bond motifs is 1. The molecular formula is C25H25NO7. The van der Waals surface area contributed by atoms with E-state index in [1.807, 2.05) is 4.90 Å². The number of Topliss-reactive ketones (excluding diaryl/α,β-unsaturated/α-hetero) is 1. The van der Waals surface area contributed by atoms with Gasteiger partial charge in [0.2, 0.25) is 5.60 Å². The van der Waals surface area contributed by atoms with Gasteiger partial charge < -0.3 is 19.1 Å². The van der Waals surface area contributed by atoms with Crippen LogP contribution in [0.2, 0.25) is 0 Å². The van der Waals surface area contributed by atoms with Crippen molar-refractivity contribution in [1.82, 2.24) is 0 Å². The van der Waals surface area contributed by atoms with Crippen molar-refractivity contribution in [1.29, 1.82) is 0 Å². The van der Waals surface area contributed by atoms with E-state index in [4.69, 9.17) is 9.47 Å². The fourth-order valence-corrected chi connectivity index (χ4v) is 3.52. The molecule has 0 radical (unpaired) electrons. The van der Waals surface area contributed by atoms with Crippen LogP contribution in [0.5, 0.6) is 0 Å². The van der Waals surface area contributed by atoms with Gasteiger partial charge in [-0.05, 0) is 49.6 Å². The lowest BCUT2D eigenvalue weighted by atomic mass is 10.0. The predicted molar refractivity (Wildman–Crippen MR) is 120 cm³/mol. The molecule has 0 amide bonds. The number of hydrogen-bond donors (Lipinski definition) is 0. The van der Waals surface area contributed by atoms with E-state index in [2.05, 4.69) is 4.74 Å². The van der Waals surface area contributed by atoms with Crippen LogP contribution in [0.1, 0.15) is 35.3 Å². The highest BCUT2D eigenvalue weighted by molar-refractivity contribution is 6.52. The van der Waals surface area contributed by atoms with Crippen molar-refractivity contribution in [2.24, 2.45) is 0 Å². The molecule has 0 aromatic heterocycles. The third-order valence-electron chi connectivity index (χ3n) is 5.26. The van der Waals surface area contributed by atoms with E-state index < -0.39 is 29.3 Å². The van der Waals surface area contributed by atoms with Crippen molar-refractivity contribution < 1.29 is 33.4 Å². The van der Waals surface area contributed by atoms with E-state index >= 15 is 0 Å². The standard InChI is InChI=1S/C25H25NO7/c1-25(2,24(30)32-4)33-23(29)21(27)19(16-8-6-5-7-9-16)15-26-13-12-17-14-18(22(28)31-3)10-11-20(17)26/h5-11,14-15H,12-13H2,1-4H3/b19-15+. The molecule has 3 rings (SSSR count). The molecule has 1 aliphatic rings. The number of anilines is 1. The molecule has 0 bridgehead atoms. The second-order valence-corrected chi connectivity index (χ2v) is 7.91. The molecule has 1 aliphatic heterocycles. The summed E-state index contributed by atoms with van der Waals surface area (Å²) in [6.45, 7) is 3.25. The van der Waals surface area contributed by atoms with Gasteiger partial charge >= 0.3 is 17.9 Å². The average molecular weight is 451 g/mol. The monoisotopic (exact) mass is 451 g/mol. The number of methoxy groups -OCH3 is 2. The van der Waals surface area contributed by atoms with Crippen molar-refractivity contribution in [3.8, 4) is 0 Å². The highest BCUT2D eigenvalue weighted by Crippen LogP contribution is 2.31. The van der Waals surface area contributed by atoms with Crippen LogP contribution in [0, 0.1) is 0 Å². The number of hydrogen-bond acceptors (Lipinski definition) is 8. The second kappa shape index (κ2) is 9.68. The molecule has 172 valence electrons. The number of benzene rings is 2. The van der Waals surface area contributed by atoms with Gasteiger partial charge in [-0.15, -0.1) is 0 Å². The Bertz CT molecular complexity index is 1120. The van der Waals surface area contributed by atoms with Crippen molar-refractivity contribution in [2.45, 2.75) is 25.9 Å². The first-order valence-electron chi connectivity index (χ1n) is 10.3. The first-order chi connectivity index (χ1) is 15.7. The normalized spacial score (nSPS) is 13.2. The lowest BCUT2D eigenvalue weighted by molar-refractivity contribution is -0.177. The van der Waals surface area contributed by atoms with E-state index in [0.717, 1.165) is 11.3 Å². The maximum atomic E-state index is 13.1. The molecule has 2 aromatic carbocycles. The van der Waals surface area contributed by atoms with Crippen LogP contribution in [0.3, 0.4) is 0 Å². The quantitative estimate of drug-likeness (QED) is 0.274. The van der Waals surface area contributed by atoms with Gasteiger partial charge in [-0.3, -0.25) is 4.79 Å². The highest BCUT2D eigenvalue weighted by Gasteiger charge is 2.36. The number of rotatable bonds is 7. The number of ketones is 1.